The van der Waals surface area contributed by atoms with Crippen LogP contribution in [0, 0.1) is 11.6 Å². The molecule has 0 fully saturated rings. The Hall–Kier alpha value is -2.28. The minimum absolute atomic E-state index is 0.00844. The molecule has 2 aromatic rings. The molecule has 1 heterocycles. The van der Waals surface area contributed by atoms with E-state index >= 15 is 0 Å². The van der Waals surface area contributed by atoms with E-state index in [4.69, 9.17) is 5.84 Å². The van der Waals surface area contributed by atoms with Crippen LogP contribution in [0.15, 0.2) is 24.3 Å². The molecule has 0 bridgehead atoms. The Balaban J connectivity index is 2.32. The first-order valence-corrected chi connectivity index (χ1v) is 6.19. The Morgan fingerprint density at radius 2 is 1.95 bits per heavy atom. The molecule has 0 aliphatic carbocycles. The molecule has 1 aromatic heterocycles. The van der Waals surface area contributed by atoms with E-state index < -0.39 is 11.6 Å². The highest BCUT2D eigenvalue weighted by molar-refractivity contribution is 5.59. The fourth-order valence-corrected chi connectivity index (χ4v) is 1.71. The Kier molecular flexibility index (Phi) is 4.41. The molecule has 0 aliphatic heterocycles. The average molecular weight is 279 g/mol. The molecule has 0 amide bonds. The minimum Gasteiger partial charge on any atom is -0.338 e. The maximum atomic E-state index is 13.6. The fourth-order valence-electron chi connectivity index (χ4n) is 1.71. The van der Waals surface area contributed by atoms with E-state index in [0.29, 0.717) is 23.9 Å². The van der Waals surface area contributed by atoms with Crippen LogP contribution >= 0.6 is 0 Å². The van der Waals surface area contributed by atoms with Crippen molar-refractivity contribution >= 4 is 17.3 Å². The molecule has 7 heteroatoms. The first kappa shape index (κ1) is 14.1. The standard InChI is InChI=1S/C13H15F2N5/c1-2-4-10-18-11(7-12(19-10)20-16)17-9-6-3-5-8(14)13(9)15/h3,5-7H,2,4,16H2,1H3,(H2,17,18,19,20). The summed E-state index contributed by atoms with van der Waals surface area (Å²) in [6.07, 6.45) is 1.53. The van der Waals surface area contributed by atoms with Crippen molar-refractivity contribution in [2.45, 2.75) is 19.8 Å². The van der Waals surface area contributed by atoms with Gasteiger partial charge in [-0.25, -0.2) is 24.6 Å². The summed E-state index contributed by atoms with van der Waals surface area (Å²) in [5.74, 6) is 4.78. The molecule has 2 rings (SSSR count). The first-order valence-electron chi connectivity index (χ1n) is 6.19. The van der Waals surface area contributed by atoms with Crippen LogP contribution in [0.2, 0.25) is 0 Å². The third-order valence-corrected chi connectivity index (χ3v) is 2.61. The third-order valence-electron chi connectivity index (χ3n) is 2.61. The van der Waals surface area contributed by atoms with E-state index in [-0.39, 0.29) is 5.69 Å². The number of aryl methyl sites for hydroxylation is 1. The molecule has 0 saturated carbocycles. The summed E-state index contributed by atoms with van der Waals surface area (Å²) in [6, 6.07) is 5.41. The molecule has 0 spiro atoms. The van der Waals surface area contributed by atoms with E-state index in [1.165, 1.54) is 18.2 Å². The maximum absolute atomic E-state index is 13.6. The molecule has 5 nitrogen and oxygen atoms in total. The van der Waals surface area contributed by atoms with E-state index in [1.54, 1.807) is 0 Å². The van der Waals surface area contributed by atoms with Gasteiger partial charge in [-0.1, -0.05) is 13.0 Å². The van der Waals surface area contributed by atoms with Crippen LogP contribution in [-0.4, -0.2) is 9.97 Å². The topological polar surface area (TPSA) is 75.9 Å². The van der Waals surface area contributed by atoms with Gasteiger partial charge < -0.3 is 10.7 Å². The van der Waals surface area contributed by atoms with Gasteiger partial charge in [0.05, 0.1) is 5.69 Å². The van der Waals surface area contributed by atoms with Crippen molar-refractivity contribution in [2.24, 2.45) is 5.84 Å². The number of nitrogens with one attached hydrogen (secondary N) is 2. The molecule has 20 heavy (non-hydrogen) atoms. The molecule has 0 unspecified atom stereocenters. The van der Waals surface area contributed by atoms with Gasteiger partial charge in [-0.05, 0) is 18.6 Å². The van der Waals surface area contributed by atoms with Crippen LogP contribution in [0.1, 0.15) is 19.2 Å². The predicted molar refractivity (Wildman–Crippen MR) is 73.5 cm³/mol. The Morgan fingerprint density at radius 1 is 1.20 bits per heavy atom. The van der Waals surface area contributed by atoms with E-state index in [0.717, 1.165) is 12.5 Å². The lowest BCUT2D eigenvalue weighted by Crippen LogP contribution is -2.11. The summed E-state index contributed by atoms with van der Waals surface area (Å²) in [6.45, 7) is 1.99. The number of rotatable bonds is 5. The summed E-state index contributed by atoms with van der Waals surface area (Å²) in [5.41, 5.74) is 2.43. The van der Waals surface area contributed by atoms with Crippen molar-refractivity contribution in [1.29, 1.82) is 0 Å². The molecule has 0 radical (unpaired) electrons. The number of hydrogen-bond donors (Lipinski definition) is 3. The van der Waals surface area contributed by atoms with Crippen molar-refractivity contribution in [3.8, 4) is 0 Å². The Labute approximate surface area is 115 Å². The van der Waals surface area contributed by atoms with Crippen molar-refractivity contribution in [3.63, 3.8) is 0 Å². The SMILES string of the molecule is CCCc1nc(NN)cc(Nc2cccc(F)c2F)n1. The lowest BCUT2D eigenvalue weighted by molar-refractivity contribution is 0.511. The smallest absolute Gasteiger partial charge is 0.182 e. The molecular weight excluding hydrogens is 264 g/mol. The largest absolute Gasteiger partial charge is 0.338 e. The van der Waals surface area contributed by atoms with Crippen LogP contribution in [0.3, 0.4) is 0 Å². The summed E-state index contributed by atoms with van der Waals surface area (Å²) in [4.78, 5) is 8.40. The Bertz CT molecular complexity index is 603. The van der Waals surface area contributed by atoms with Gasteiger partial charge >= 0.3 is 0 Å². The van der Waals surface area contributed by atoms with Gasteiger partial charge in [0.1, 0.15) is 17.5 Å². The van der Waals surface area contributed by atoms with Gasteiger partial charge in [-0.2, -0.15) is 0 Å². The number of benzene rings is 1. The van der Waals surface area contributed by atoms with Crippen molar-refractivity contribution in [2.75, 3.05) is 10.7 Å². The van der Waals surface area contributed by atoms with Crippen LogP contribution in [0.25, 0.3) is 0 Å². The number of nitrogens with two attached hydrogens (primary N) is 1. The number of halogens is 2. The van der Waals surface area contributed by atoms with Crippen molar-refractivity contribution in [3.05, 3.63) is 41.7 Å². The van der Waals surface area contributed by atoms with Gasteiger partial charge in [-0.3, -0.25) is 0 Å². The highest BCUT2D eigenvalue weighted by Gasteiger charge is 2.10. The third kappa shape index (κ3) is 3.18. The summed E-state index contributed by atoms with van der Waals surface area (Å²) in [7, 11) is 0. The minimum atomic E-state index is -0.953. The summed E-state index contributed by atoms with van der Waals surface area (Å²) in [5, 5.41) is 2.72. The second-order valence-electron chi connectivity index (χ2n) is 4.18. The zero-order valence-corrected chi connectivity index (χ0v) is 11.0. The number of hydrogen-bond acceptors (Lipinski definition) is 5. The van der Waals surface area contributed by atoms with Gasteiger partial charge in [0.25, 0.3) is 0 Å². The fraction of sp³-hybridized carbons (Fsp3) is 0.231. The predicted octanol–water partition coefficient (Wildman–Crippen LogP) is 2.74. The average Bonchev–Trinajstić information content (AvgIpc) is 2.44. The number of hydrazine groups is 1. The quantitative estimate of drug-likeness (QED) is 0.579. The maximum Gasteiger partial charge on any atom is 0.182 e. The van der Waals surface area contributed by atoms with Crippen LogP contribution in [0.5, 0.6) is 0 Å². The molecule has 0 aliphatic rings. The van der Waals surface area contributed by atoms with Crippen molar-refractivity contribution < 1.29 is 8.78 Å². The lowest BCUT2D eigenvalue weighted by atomic mass is 10.3. The van der Waals surface area contributed by atoms with Gasteiger partial charge in [0.2, 0.25) is 0 Å². The van der Waals surface area contributed by atoms with E-state index in [9.17, 15) is 8.78 Å². The van der Waals surface area contributed by atoms with Crippen molar-refractivity contribution in [1.82, 2.24) is 9.97 Å². The normalized spacial score (nSPS) is 10.4. The molecule has 4 N–H and O–H groups in total. The zero-order chi connectivity index (χ0) is 14.5. The van der Waals surface area contributed by atoms with Gasteiger partial charge in [0, 0.05) is 12.5 Å². The number of nitrogens with zero attached hydrogens (tertiary/aromatic N) is 2. The summed E-state index contributed by atoms with van der Waals surface area (Å²) < 4.78 is 26.7. The van der Waals surface area contributed by atoms with E-state index in [1.807, 2.05) is 6.92 Å². The molecule has 0 atom stereocenters. The lowest BCUT2D eigenvalue weighted by Gasteiger charge is -2.10. The molecular formula is C13H15F2N5. The van der Waals surface area contributed by atoms with Gasteiger partial charge in [0.15, 0.2) is 11.6 Å². The van der Waals surface area contributed by atoms with Gasteiger partial charge in [-0.15, -0.1) is 0 Å². The van der Waals surface area contributed by atoms with Crippen LogP contribution in [0.4, 0.5) is 26.1 Å². The molecule has 0 saturated heterocycles. The summed E-state index contributed by atoms with van der Waals surface area (Å²) >= 11 is 0. The monoisotopic (exact) mass is 279 g/mol. The second kappa shape index (κ2) is 6.25. The first-order chi connectivity index (χ1) is 9.63. The highest BCUT2D eigenvalue weighted by Crippen LogP contribution is 2.22. The molecule has 1 aromatic carbocycles. The number of anilines is 3. The number of aromatic nitrogens is 2. The Morgan fingerprint density at radius 3 is 2.65 bits per heavy atom. The number of nitrogen functional groups attached to an aromatic ring is 1. The van der Waals surface area contributed by atoms with Crippen LogP contribution in [-0.2, 0) is 6.42 Å². The second-order valence-corrected chi connectivity index (χ2v) is 4.18. The molecule has 106 valence electrons. The highest BCUT2D eigenvalue weighted by atomic mass is 19.2. The van der Waals surface area contributed by atoms with Crippen LogP contribution < -0.4 is 16.6 Å². The van der Waals surface area contributed by atoms with E-state index in [2.05, 4.69) is 20.7 Å². The zero-order valence-electron chi connectivity index (χ0n) is 11.0.